The predicted molar refractivity (Wildman–Crippen MR) is 90.9 cm³/mol. The van der Waals surface area contributed by atoms with E-state index in [1.807, 2.05) is 0 Å². The molecule has 0 saturated carbocycles. The van der Waals surface area contributed by atoms with Crippen LogP contribution < -0.4 is 5.32 Å². The molecule has 0 amide bonds. The lowest BCUT2D eigenvalue weighted by Crippen LogP contribution is -2.29. The third kappa shape index (κ3) is 2.36. The van der Waals surface area contributed by atoms with Crippen LogP contribution in [0.4, 0.5) is 15.8 Å². The Kier molecular flexibility index (Phi) is 3.53. The summed E-state index contributed by atoms with van der Waals surface area (Å²) in [4.78, 5) is 10.7. The van der Waals surface area contributed by atoms with Crippen molar-refractivity contribution in [2.75, 3.05) is 5.32 Å². The van der Waals surface area contributed by atoms with Crippen LogP contribution >= 0.6 is 11.6 Å². The molecule has 0 aromatic heterocycles. The number of halogens is 2. The molecule has 0 bridgehead atoms. The summed E-state index contributed by atoms with van der Waals surface area (Å²) in [5.74, 6) is -0.0301. The van der Waals surface area contributed by atoms with Crippen LogP contribution in [0.2, 0.25) is 5.02 Å². The summed E-state index contributed by atoms with van der Waals surface area (Å²) in [6.07, 6.45) is 4.98. The first kappa shape index (κ1) is 15.1. The van der Waals surface area contributed by atoms with Crippen molar-refractivity contribution in [1.29, 1.82) is 0 Å². The quantitative estimate of drug-likeness (QED) is 0.462. The van der Waals surface area contributed by atoms with Crippen LogP contribution in [0.5, 0.6) is 0 Å². The molecule has 0 unspecified atom stereocenters. The third-order valence-electron chi connectivity index (χ3n) is 4.85. The molecule has 2 aliphatic rings. The third-order valence-corrected chi connectivity index (χ3v) is 5.19. The molecule has 1 N–H and O–H groups in total. The molecule has 6 heteroatoms. The van der Waals surface area contributed by atoms with Crippen molar-refractivity contribution in [3.8, 4) is 0 Å². The number of nitro benzene ring substituents is 1. The molecular formula is C18H14ClFN2O2. The Balaban J connectivity index is 1.81. The van der Waals surface area contributed by atoms with Gasteiger partial charge in [-0.2, -0.15) is 0 Å². The van der Waals surface area contributed by atoms with Crippen molar-refractivity contribution in [2.24, 2.45) is 5.92 Å². The normalized spacial score (nSPS) is 24.2. The molecule has 2 aromatic carbocycles. The van der Waals surface area contributed by atoms with E-state index in [0.29, 0.717) is 10.6 Å². The van der Waals surface area contributed by atoms with E-state index in [9.17, 15) is 14.5 Å². The highest BCUT2D eigenvalue weighted by molar-refractivity contribution is 6.31. The van der Waals surface area contributed by atoms with E-state index in [0.717, 1.165) is 17.7 Å². The van der Waals surface area contributed by atoms with Gasteiger partial charge in [0.15, 0.2) is 0 Å². The maximum absolute atomic E-state index is 13.6. The number of allylic oxidation sites excluding steroid dienone is 2. The van der Waals surface area contributed by atoms with Crippen LogP contribution in [0, 0.1) is 21.8 Å². The van der Waals surface area contributed by atoms with Gasteiger partial charge in [-0.05, 0) is 42.2 Å². The van der Waals surface area contributed by atoms with E-state index in [1.54, 1.807) is 18.2 Å². The van der Waals surface area contributed by atoms with Crippen molar-refractivity contribution >= 4 is 23.0 Å². The van der Waals surface area contributed by atoms with Gasteiger partial charge < -0.3 is 5.32 Å². The van der Waals surface area contributed by atoms with Crippen LogP contribution in [-0.4, -0.2) is 4.92 Å². The second kappa shape index (κ2) is 5.60. The van der Waals surface area contributed by atoms with Gasteiger partial charge in [-0.25, -0.2) is 4.39 Å². The number of nitrogens with zero attached hydrogens (tertiary/aromatic N) is 1. The van der Waals surface area contributed by atoms with Crippen molar-refractivity contribution < 1.29 is 9.31 Å². The lowest BCUT2D eigenvalue weighted by Gasteiger charge is -2.37. The Hall–Kier alpha value is -2.40. The van der Waals surface area contributed by atoms with Crippen molar-refractivity contribution in [1.82, 2.24) is 0 Å². The summed E-state index contributed by atoms with van der Waals surface area (Å²) in [5.41, 5.74) is 2.49. The summed E-state index contributed by atoms with van der Waals surface area (Å²) >= 11 is 6.33. The molecular weight excluding hydrogens is 331 g/mol. The zero-order valence-corrected chi connectivity index (χ0v) is 13.3. The molecule has 122 valence electrons. The molecule has 0 radical (unpaired) electrons. The van der Waals surface area contributed by atoms with Crippen LogP contribution in [0.3, 0.4) is 0 Å². The average molecular weight is 345 g/mol. The molecule has 2 aromatic rings. The Morgan fingerprint density at radius 1 is 1.21 bits per heavy atom. The number of nitro groups is 1. The van der Waals surface area contributed by atoms with Gasteiger partial charge in [0.25, 0.3) is 5.69 Å². The molecule has 0 saturated heterocycles. The SMILES string of the molecule is O=[N+]([O-])c1ccc(Cl)c([C@H]2Nc3ccc(F)cc3[C@H]3C=CC[C@H]32)c1. The zero-order chi connectivity index (χ0) is 16.8. The van der Waals surface area contributed by atoms with Gasteiger partial charge in [0.1, 0.15) is 5.82 Å². The first-order chi connectivity index (χ1) is 11.5. The lowest BCUT2D eigenvalue weighted by atomic mass is 9.77. The molecule has 4 nitrogen and oxygen atoms in total. The summed E-state index contributed by atoms with van der Waals surface area (Å²) in [5, 5.41) is 15.0. The van der Waals surface area contributed by atoms with Gasteiger partial charge >= 0.3 is 0 Å². The maximum atomic E-state index is 13.6. The number of non-ortho nitro benzene ring substituents is 1. The second-order valence-electron chi connectivity index (χ2n) is 6.17. The fraction of sp³-hybridized carbons (Fsp3) is 0.222. The van der Waals surface area contributed by atoms with Crippen LogP contribution in [0.25, 0.3) is 0 Å². The highest BCUT2D eigenvalue weighted by Crippen LogP contribution is 2.51. The van der Waals surface area contributed by atoms with Crippen molar-refractivity contribution in [2.45, 2.75) is 18.4 Å². The first-order valence-electron chi connectivity index (χ1n) is 7.71. The minimum Gasteiger partial charge on any atom is -0.378 e. The number of hydrogen-bond donors (Lipinski definition) is 1. The predicted octanol–water partition coefficient (Wildman–Crippen LogP) is 5.21. The fourth-order valence-electron chi connectivity index (χ4n) is 3.76. The average Bonchev–Trinajstić information content (AvgIpc) is 3.04. The monoisotopic (exact) mass is 344 g/mol. The van der Waals surface area contributed by atoms with E-state index in [4.69, 9.17) is 11.6 Å². The summed E-state index contributed by atoms with van der Waals surface area (Å²) < 4.78 is 13.6. The Morgan fingerprint density at radius 3 is 2.83 bits per heavy atom. The Bertz CT molecular complexity index is 868. The van der Waals surface area contributed by atoms with E-state index in [1.165, 1.54) is 18.2 Å². The first-order valence-corrected chi connectivity index (χ1v) is 8.09. The molecule has 4 rings (SSSR count). The van der Waals surface area contributed by atoms with Gasteiger partial charge in [-0.3, -0.25) is 10.1 Å². The van der Waals surface area contributed by atoms with Crippen molar-refractivity contribution in [3.63, 3.8) is 0 Å². The molecule has 0 spiro atoms. The molecule has 1 heterocycles. The minimum absolute atomic E-state index is 0.0172. The smallest absolute Gasteiger partial charge is 0.269 e. The number of rotatable bonds is 2. The van der Waals surface area contributed by atoms with E-state index >= 15 is 0 Å². The maximum Gasteiger partial charge on any atom is 0.269 e. The second-order valence-corrected chi connectivity index (χ2v) is 6.58. The minimum atomic E-state index is -0.420. The van der Waals surface area contributed by atoms with Crippen LogP contribution in [-0.2, 0) is 0 Å². The highest BCUT2D eigenvalue weighted by Gasteiger charge is 2.39. The van der Waals surface area contributed by atoms with E-state index < -0.39 is 4.92 Å². The van der Waals surface area contributed by atoms with Crippen LogP contribution in [0.15, 0.2) is 48.6 Å². The molecule has 0 fully saturated rings. The number of fused-ring (bicyclic) bond motifs is 3. The van der Waals surface area contributed by atoms with Gasteiger partial charge in [-0.15, -0.1) is 0 Å². The summed E-state index contributed by atoms with van der Waals surface area (Å²) in [7, 11) is 0. The van der Waals surface area contributed by atoms with Crippen LogP contribution in [0.1, 0.15) is 29.5 Å². The molecule has 3 atom stereocenters. The standard InChI is InChI=1S/C18H14ClFN2O2/c19-16-6-5-11(22(23)24)9-15(16)18-13-3-1-2-12(13)14-8-10(20)4-7-17(14)21-18/h1-2,4-9,12-13,18,21H,3H2/t12-,13+,18-/m0/s1. The van der Waals surface area contributed by atoms with E-state index in [2.05, 4.69) is 17.5 Å². The van der Waals surface area contributed by atoms with Gasteiger partial charge in [0.05, 0.1) is 11.0 Å². The lowest BCUT2D eigenvalue weighted by molar-refractivity contribution is -0.384. The summed E-state index contributed by atoms with van der Waals surface area (Å²) in [6.45, 7) is 0. The van der Waals surface area contributed by atoms with Crippen molar-refractivity contribution in [3.05, 3.63) is 80.6 Å². The topological polar surface area (TPSA) is 55.2 Å². The highest BCUT2D eigenvalue weighted by atomic mass is 35.5. The van der Waals surface area contributed by atoms with Gasteiger partial charge in [0, 0.05) is 34.3 Å². The number of hydrogen-bond acceptors (Lipinski definition) is 3. The molecule has 24 heavy (non-hydrogen) atoms. The molecule has 1 aliphatic carbocycles. The number of anilines is 1. The van der Waals surface area contributed by atoms with E-state index in [-0.39, 0.29) is 29.4 Å². The number of nitrogens with one attached hydrogen (secondary N) is 1. The fourth-order valence-corrected chi connectivity index (χ4v) is 3.99. The summed E-state index contributed by atoms with van der Waals surface area (Å²) in [6, 6.07) is 9.03. The Labute approximate surface area is 143 Å². The van der Waals surface area contributed by atoms with Gasteiger partial charge in [0.2, 0.25) is 0 Å². The molecule has 1 aliphatic heterocycles. The zero-order valence-electron chi connectivity index (χ0n) is 12.6. The Morgan fingerprint density at radius 2 is 2.04 bits per heavy atom. The largest absolute Gasteiger partial charge is 0.378 e. The van der Waals surface area contributed by atoms with Gasteiger partial charge in [-0.1, -0.05) is 23.8 Å². The number of benzene rings is 2.